The number of sulfonamides is 1. The van der Waals surface area contributed by atoms with Crippen molar-refractivity contribution in [1.82, 2.24) is 19.1 Å². The van der Waals surface area contributed by atoms with E-state index >= 15 is 0 Å². The van der Waals surface area contributed by atoms with Crippen LogP contribution in [0.5, 0.6) is 0 Å². The number of hydrogen-bond donors (Lipinski definition) is 1. The van der Waals surface area contributed by atoms with Gasteiger partial charge in [0.2, 0.25) is 10.0 Å². The van der Waals surface area contributed by atoms with Crippen LogP contribution in [0.15, 0.2) is 53.6 Å². The van der Waals surface area contributed by atoms with Crippen molar-refractivity contribution in [2.45, 2.75) is 4.90 Å². The van der Waals surface area contributed by atoms with Gasteiger partial charge in [-0.25, -0.2) is 13.4 Å². The molecule has 0 spiro atoms. The zero-order chi connectivity index (χ0) is 21.7. The van der Waals surface area contributed by atoms with Gasteiger partial charge in [-0.1, -0.05) is 18.2 Å². The average molecular weight is 445 g/mol. The number of benzene rings is 1. The summed E-state index contributed by atoms with van der Waals surface area (Å²) >= 11 is 0. The molecule has 8 nitrogen and oxygen atoms in total. The highest BCUT2D eigenvalue weighted by molar-refractivity contribution is 7.89. The van der Waals surface area contributed by atoms with Crippen molar-refractivity contribution in [2.75, 3.05) is 82.7 Å². The van der Waals surface area contributed by atoms with Gasteiger partial charge in [0.15, 0.2) is 0 Å². The van der Waals surface area contributed by atoms with Crippen molar-refractivity contribution < 1.29 is 8.42 Å². The van der Waals surface area contributed by atoms with E-state index in [0.717, 1.165) is 52.4 Å². The van der Waals surface area contributed by atoms with Crippen LogP contribution in [-0.4, -0.2) is 100 Å². The number of likely N-dealkylation sites (N-methyl/N-ethyl adjacent to an activating group) is 1. The number of hydrogen-bond acceptors (Lipinski definition) is 7. The number of piperazine rings is 2. The van der Waals surface area contributed by atoms with E-state index in [1.807, 2.05) is 13.1 Å². The lowest BCUT2D eigenvalue weighted by Crippen LogP contribution is -2.47. The fourth-order valence-corrected chi connectivity index (χ4v) is 5.39. The highest BCUT2D eigenvalue weighted by Crippen LogP contribution is 2.18. The molecule has 0 aliphatic carbocycles. The van der Waals surface area contributed by atoms with Crippen LogP contribution in [0.1, 0.15) is 0 Å². The summed E-state index contributed by atoms with van der Waals surface area (Å²) in [6.07, 6.45) is 1.47. The predicted octanol–water partition coefficient (Wildman–Crippen LogP) is 1.25. The first-order valence-corrected chi connectivity index (χ1v) is 12.4. The van der Waals surface area contributed by atoms with Crippen LogP contribution in [0.25, 0.3) is 0 Å². The fraction of sp³-hybridized carbons (Fsp3) is 0.500. The Labute approximate surface area is 185 Å². The minimum absolute atomic E-state index is 0.264. The zero-order valence-electron chi connectivity index (χ0n) is 18.2. The Hall–Kier alpha value is -2.20. The topological polar surface area (TPSA) is 72.0 Å². The highest BCUT2D eigenvalue weighted by Gasteiger charge is 2.27. The first-order valence-electron chi connectivity index (χ1n) is 10.9. The molecule has 0 bridgehead atoms. The Balaban J connectivity index is 1.22. The van der Waals surface area contributed by atoms with Crippen molar-refractivity contribution in [3.05, 3.63) is 48.7 Å². The molecule has 4 rings (SSSR count). The van der Waals surface area contributed by atoms with Crippen molar-refractivity contribution in [1.29, 1.82) is 0 Å². The molecule has 2 aliphatic rings. The summed E-state index contributed by atoms with van der Waals surface area (Å²) in [4.78, 5) is 11.6. The number of para-hydroxylation sites is 1. The van der Waals surface area contributed by atoms with E-state index in [9.17, 15) is 8.42 Å². The lowest BCUT2D eigenvalue weighted by Gasteiger charge is -2.36. The first kappa shape index (κ1) is 22.0. The van der Waals surface area contributed by atoms with Gasteiger partial charge in [-0.05, 0) is 31.3 Å². The maximum atomic E-state index is 12.8. The van der Waals surface area contributed by atoms with Gasteiger partial charge >= 0.3 is 0 Å². The molecule has 2 fully saturated rings. The maximum absolute atomic E-state index is 12.8. The lowest BCUT2D eigenvalue weighted by molar-refractivity contribution is 0.222. The molecule has 0 saturated carbocycles. The molecular weight excluding hydrogens is 412 g/mol. The zero-order valence-corrected chi connectivity index (χ0v) is 19.0. The van der Waals surface area contributed by atoms with Gasteiger partial charge in [-0.15, -0.1) is 0 Å². The highest BCUT2D eigenvalue weighted by atomic mass is 32.2. The van der Waals surface area contributed by atoms with Gasteiger partial charge < -0.3 is 15.1 Å². The molecule has 1 aromatic heterocycles. The number of nitrogens with one attached hydrogen (secondary N) is 1. The minimum atomic E-state index is -3.46. The monoisotopic (exact) mass is 444 g/mol. The molecule has 9 heteroatoms. The molecule has 1 N–H and O–H groups in total. The lowest BCUT2D eigenvalue weighted by atomic mass is 10.2. The Morgan fingerprint density at radius 1 is 0.903 bits per heavy atom. The number of pyridine rings is 1. The van der Waals surface area contributed by atoms with E-state index in [1.165, 1.54) is 11.9 Å². The largest absolute Gasteiger partial charge is 0.369 e. The summed E-state index contributed by atoms with van der Waals surface area (Å²) in [5.41, 5.74) is 1.29. The van der Waals surface area contributed by atoms with Crippen molar-refractivity contribution >= 4 is 21.5 Å². The second-order valence-electron chi connectivity index (χ2n) is 8.18. The standard InChI is InChI=1S/C22H32N6O2S/c1-25-11-17-28(18-12-25)31(29,30)21-7-8-22(24-19-21)23-9-10-26-13-15-27(16-14-26)20-5-3-2-4-6-20/h2-8,19H,9-18H2,1H3,(H,23,24). The summed E-state index contributed by atoms with van der Waals surface area (Å²) < 4.78 is 27.1. The Morgan fingerprint density at radius 2 is 1.61 bits per heavy atom. The second-order valence-corrected chi connectivity index (χ2v) is 10.1. The van der Waals surface area contributed by atoms with Gasteiger partial charge in [0, 0.05) is 77.3 Å². The van der Waals surface area contributed by atoms with Crippen molar-refractivity contribution in [2.24, 2.45) is 0 Å². The number of aromatic nitrogens is 1. The molecule has 168 valence electrons. The van der Waals surface area contributed by atoms with Crippen LogP contribution < -0.4 is 10.2 Å². The molecule has 2 saturated heterocycles. The van der Waals surface area contributed by atoms with E-state index in [0.29, 0.717) is 18.9 Å². The van der Waals surface area contributed by atoms with Gasteiger partial charge in [-0.3, -0.25) is 4.90 Å². The normalized spacial score (nSPS) is 19.5. The molecule has 1 aromatic carbocycles. The maximum Gasteiger partial charge on any atom is 0.244 e. The van der Waals surface area contributed by atoms with E-state index in [4.69, 9.17) is 0 Å². The predicted molar refractivity (Wildman–Crippen MR) is 124 cm³/mol. The van der Waals surface area contributed by atoms with Gasteiger partial charge in [-0.2, -0.15) is 4.31 Å². The fourth-order valence-electron chi connectivity index (χ4n) is 4.03. The third-order valence-electron chi connectivity index (χ3n) is 6.06. The quantitative estimate of drug-likeness (QED) is 0.689. The van der Waals surface area contributed by atoms with Crippen molar-refractivity contribution in [3.8, 4) is 0 Å². The van der Waals surface area contributed by atoms with E-state index < -0.39 is 10.0 Å². The minimum Gasteiger partial charge on any atom is -0.369 e. The SMILES string of the molecule is CN1CCN(S(=O)(=O)c2ccc(NCCN3CCN(c4ccccc4)CC3)nc2)CC1. The van der Waals surface area contributed by atoms with Crippen LogP contribution in [-0.2, 0) is 10.0 Å². The molecule has 0 amide bonds. The average Bonchev–Trinajstić information content (AvgIpc) is 2.81. The van der Waals surface area contributed by atoms with Gasteiger partial charge in [0.25, 0.3) is 0 Å². The smallest absolute Gasteiger partial charge is 0.244 e. The van der Waals surface area contributed by atoms with E-state index in [-0.39, 0.29) is 4.90 Å². The summed E-state index contributed by atoms with van der Waals surface area (Å²) in [5, 5.41) is 3.32. The van der Waals surface area contributed by atoms with Crippen LogP contribution in [0.4, 0.5) is 11.5 Å². The molecule has 3 heterocycles. The summed E-state index contributed by atoms with van der Waals surface area (Å²) in [6, 6.07) is 14.0. The number of rotatable bonds is 7. The van der Waals surface area contributed by atoms with Gasteiger partial charge in [0.05, 0.1) is 0 Å². The van der Waals surface area contributed by atoms with E-state index in [1.54, 1.807) is 16.4 Å². The molecule has 0 atom stereocenters. The van der Waals surface area contributed by atoms with Crippen LogP contribution in [0.3, 0.4) is 0 Å². The first-order chi connectivity index (χ1) is 15.0. The van der Waals surface area contributed by atoms with E-state index in [2.05, 4.69) is 49.3 Å². The summed E-state index contributed by atoms with van der Waals surface area (Å²) in [6.45, 7) is 8.40. The Kier molecular flexibility index (Phi) is 7.06. The third-order valence-corrected chi connectivity index (χ3v) is 7.95. The second kappa shape index (κ2) is 9.95. The molecule has 0 unspecified atom stereocenters. The van der Waals surface area contributed by atoms with Crippen LogP contribution in [0, 0.1) is 0 Å². The van der Waals surface area contributed by atoms with Gasteiger partial charge in [0.1, 0.15) is 10.7 Å². The third kappa shape index (κ3) is 5.54. The Bertz CT molecular complexity index is 922. The molecule has 0 radical (unpaired) electrons. The molecular formula is C22H32N6O2S. The van der Waals surface area contributed by atoms with Crippen molar-refractivity contribution in [3.63, 3.8) is 0 Å². The molecule has 31 heavy (non-hydrogen) atoms. The molecule has 2 aromatic rings. The summed E-state index contributed by atoms with van der Waals surface area (Å²) in [5.74, 6) is 0.709. The number of anilines is 2. The molecule has 2 aliphatic heterocycles. The van der Waals surface area contributed by atoms with Crippen LogP contribution >= 0.6 is 0 Å². The number of nitrogens with zero attached hydrogens (tertiary/aromatic N) is 5. The van der Waals surface area contributed by atoms with Crippen LogP contribution in [0.2, 0.25) is 0 Å². The summed E-state index contributed by atoms with van der Waals surface area (Å²) in [7, 11) is -1.46. The Morgan fingerprint density at radius 3 is 2.26 bits per heavy atom.